The van der Waals surface area contributed by atoms with Crippen LogP contribution < -0.4 is 15.0 Å². The van der Waals surface area contributed by atoms with Gasteiger partial charge in [0.1, 0.15) is 17.4 Å². The zero-order valence-electron chi connectivity index (χ0n) is 17.5. The molecule has 0 aromatic heterocycles. The lowest BCUT2D eigenvalue weighted by Gasteiger charge is -2.14. The number of esters is 1. The average molecular weight is 407 g/mol. The number of nitrogens with zero attached hydrogens (tertiary/aromatic N) is 2. The Balaban J connectivity index is 1.94. The first-order chi connectivity index (χ1) is 14.3. The Hall–Kier alpha value is -3.79. The summed E-state index contributed by atoms with van der Waals surface area (Å²) in [7, 11) is 5.42. The highest BCUT2D eigenvalue weighted by atomic mass is 16.5. The number of hydrogen-bond acceptors (Lipinski definition) is 6. The van der Waals surface area contributed by atoms with Crippen LogP contribution in [0.25, 0.3) is 6.08 Å². The van der Waals surface area contributed by atoms with Crippen LogP contribution in [0.15, 0.2) is 54.1 Å². The van der Waals surface area contributed by atoms with Gasteiger partial charge in [-0.05, 0) is 48.4 Å². The molecule has 0 spiro atoms. The third-order valence-electron chi connectivity index (χ3n) is 4.34. The average Bonchev–Trinajstić information content (AvgIpc) is 2.76. The van der Waals surface area contributed by atoms with Crippen LogP contribution >= 0.6 is 0 Å². The molecule has 0 saturated carbocycles. The number of benzene rings is 2. The predicted molar refractivity (Wildman–Crippen MR) is 115 cm³/mol. The van der Waals surface area contributed by atoms with Gasteiger partial charge in [0.2, 0.25) is 0 Å². The Morgan fingerprint density at radius 1 is 1.13 bits per heavy atom. The third-order valence-corrected chi connectivity index (χ3v) is 4.34. The molecular formula is C23H25N3O4. The molecule has 2 aromatic rings. The highest BCUT2D eigenvalue weighted by Crippen LogP contribution is 2.15. The van der Waals surface area contributed by atoms with Gasteiger partial charge in [-0.3, -0.25) is 4.79 Å². The van der Waals surface area contributed by atoms with E-state index in [1.807, 2.05) is 49.3 Å². The monoisotopic (exact) mass is 407 g/mol. The molecule has 0 fully saturated rings. The number of nitriles is 1. The Bertz CT molecular complexity index is 942. The molecule has 0 aliphatic heterocycles. The van der Waals surface area contributed by atoms with Gasteiger partial charge in [-0.15, -0.1) is 0 Å². The molecule has 0 aliphatic carbocycles. The van der Waals surface area contributed by atoms with Crippen molar-refractivity contribution >= 4 is 23.6 Å². The van der Waals surface area contributed by atoms with E-state index in [4.69, 9.17) is 9.47 Å². The molecule has 30 heavy (non-hydrogen) atoms. The summed E-state index contributed by atoms with van der Waals surface area (Å²) in [4.78, 5) is 26.5. The fourth-order valence-electron chi connectivity index (χ4n) is 2.53. The predicted octanol–water partition coefficient (Wildman–Crippen LogP) is 2.92. The van der Waals surface area contributed by atoms with Crippen LogP contribution in [0.5, 0.6) is 5.75 Å². The van der Waals surface area contributed by atoms with Gasteiger partial charge in [-0.25, -0.2) is 4.79 Å². The molecule has 1 unspecified atom stereocenters. The van der Waals surface area contributed by atoms with Gasteiger partial charge in [-0.2, -0.15) is 5.26 Å². The van der Waals surface area contributed by atoms with Gasteiger partial charge in [-0.1, -0.05) is 24.3 Å². The lowest BCUT2D eigenvalue weighted by Crippen LogP contribution is -2.35. The van der Waals surface area contributed by atoms with E-state index < -0.39 is 18.0 Å². The number of carbonyl (C=O) groups excluding carboxylic acids is 2. The molecule has 2 rings (SSSR count). The summed E-state index contributed by atoms with van der Waals surface area (Å²) < 4.78 is 10.2. The summed E-state index contributed by atoms with van der Waals surface area (Å²) in [5.74, 6) is -0.576. The Morgan fingerprint density at radius 2 is 1.77 bits per heavy atom. The largest absolute Gasteiger partial charge is 0.497 e. The van der Waals surface area contributed by atoms with E-state index in [9.17, 15) is 14.9 Å². The van der Waals surface area contributed by atoms with Crippen molar-refractivity contribution in [2.24, 2.45) is 0 Å². The zero-order valence-corrected chi connectivity index (χ0v) is 17.5. The second-order valence-corrected chi connectivity index (χ2v) is 6.77. The molecular weight excluding hydrogens is 382 g/mol. The highest BCUT2D eigenvalue weighted by Gasteiger charge is 2.20. The van der Waals surface area contributed by atoms with Crippen LogP contribution in [0.3, 0.4) is 0 Å². The molecule has 0 heterocycles. The Morgan fingerprint density at radius 3 is 2.30 bits per heavy atom. The maximum Gasteiger partial charge on any atom is 0.349 e. The van der Waals surface area contributed by atoms with Crippen molar-refractivity contribution in [2.45, 2.75) is 19.6 Å². The minimum absolute atomic E-state index is 0.178. The first kappa shape index (κ1) is 22.5. The van der Waals surface area contributed by atoms with Crippen LogP contribution in [0.4, 0.5) is 5.69 Å². The number of methoxy groups -OCH3 is 1. The molecule has 0 aliphatic rings. The third kappa shape index (κ3) is 6.38. The highest BCUT2D eigenvalue weighted by molar-refractivity contribution is 5.99. The van der Waals surface area contributed by atoms with Gasteiger partial charge in [0.15, 0.2) is 6.10 Å². The van der Waals surface area contributed by atoms with Crippen molar-refractivity contribution in [3.63, 3.8) is 0 Å². The minimum Gasteiger partial charge on any atom is -0.497 e. The second kappa shape index (κ2) is 10.7. The summed E-state index contributed by atoms with van der Waals surface area (Å²) in [5.41, 5.74) is 2.38. The lowest BCUT2D eigenvalue weighted by atomic mass is 10.1. The lowest BCUT2D eigenvalue weighted by molar-refractivity contribution is -0.150. The Kier molecular flexibility index (Phi) is 8.00. The fraction of sp³-hybridized carbons (Fsp3) is 0.261. The van der Waals surface area contributed by atoms with Crippen molar-refractivity contribution in [3.8, 4) is 11.8 Å². The SMILES string of the molecule is COc1ccc(CNC(=O)C(C)OC(=O)/C(C#N)=C/c2ccc(N(C)C)cc2)cc1. The summed E-state index contributed by atoms with van der Waals surface area (Å²) in [6.45, 7) is 1.74. The van der Waals surface area contributed by atoms with Gasteiger partial charge >= 0.3 is 5.97 Å². The van der Waals surface area contributed by atoms with Crippen molar-refractivity contribution < 1.29 is 19.1 Å². The van der Waals surface area contributed by atoms with Gasteiger partial charge in [0.05, 0.1) is 7.11 Å². The van der Waals surface area contributed by atoms with Crippen molar-refractivity contribution in [2.75, 3.05) is 26.1 Å². The van der Waals surface area contributed by atoms with Crippen molar-refractivity contribution in [3.05, 3.63) is 65.2 Å². The first-order valence-corrected chi connectivity index (χ1v) is 9.35. The summed E-state index contributed by atoms with van der Waals surface area (Å²) in [5, 5.41) is 12.0. The van der Waals surface area contributed by atoms with Crippen LogP contribution in [-0.2, 0) is 20.9 Å². The molecule has 0 bridgehead atoms. The Labute approximate surface area is 176 Å². The number of carbonyl (C=O) groups is 2. The number of hydrogen-bond donors (Lipinski definition) is 1. The molecule has 1 N–H and O–H groups in total. The van der Waals surface area contributed by atoms with Gasteiger partial charge < -0.3 is 19.7 Å². The molecule has 2 aromatic carbocycles. The van der Waals surface area contributed by atoms with Crippen LogP contribution in [0.2, 0.25) is 0 Å². The van der Waals surface area contributed by atoms with Crippen LogP contribution in [0, 0.1) is 11.3 Å². The van der Waals surface area contributed by atoms with Crippen molar-refractivity contribution in [1.82, 2.24) is 5.32 Å². The quantitative estimate of drug-likeness (QED) is 0.411. The van der Waals surface area contributed by atoms with E-state index in [0.717, 1.165) is 17.0 Å². The van der Waals surface area contributed by atoms with Gasteiger partial charge in [0, 0.05) is 26.3 Å². The van der Waals surface area contributed by atoms with E-state index in [1.54, 1.807) is 31.4 Å². The maximum absolute atomic E-state index is 12.3. The van der Waals surface area contributed by atoms with Crippen molar-refractivity contribution in [1.29, 1.82) is 5.26 Å². The molecule has 0 saturated heterocycles. The number of rotatable bonds is 8. The summed E-state index contributed by atoms with van der Waals surface area (Å²) >= 11 is 0. The standard InChI is InChI=1S/C23H25N3O4/c1-16(22(27)25-15-18-7-11-21(29-4)12-8-18)30-23(28)19(14-24)13-17-5-9-20(10-6-17)26(2)3/h5-13,16H,15H2,1-4H3,(H,25,27)/b19-13+. The number of nitrogens with one attached hydrogen (secondary N) is 1. The molecule has 1 atom stereocenters. The number of amides is 1. The van der Waals surface area contributed by atoms with Crippen LogP contribution in [-0.4, -0.2) is 39.2 Å². The maximum atomic E-state index is 12.3. The second-order valence-electron chi connectivity index (χ2n) is 6.77. The summed E-state index contributed by atoms with van der Waals surface area (Å²) in [6, 6.07) is 16.4. The smallest absolute Gasteiger partial charge is 0.349 e. The topological polar surface area (TPSA) is 91.7 Å². The molecule has 156 valence electrons. The van der Waals surface area contributed by atoms with E-state index in [0.29, 0.717) is 5.56 Å². The van der Waals surface area contributed by atoms with Gasteiger partial charge in [0.25, 0.3) is 5.91 Å². The molecule has 0 radical (unpaired) electrons. The number of anilines is 1. The summed E-state index contributed by atoms with van der Waals surface area (Å²) in [6.07, 6.45) is 0.396. The van der Waals surface area contributed by atoms with Crippen LogP contribution in [0.1, 0.15) is 18.1 Å². The fourth-order valence-corrected chi connectivity index (χ4v) is 2.53. The molecule has 7 heteroatoms. The molecule has 1 amide bonds. The van der Waals surface area contributed by atoms with E-state index in [-0.39, 0.29) is 12.1 Å². The van der Waals surface area contributed by atoms with E-state index in [2.05, 4.69) is 5.32 Å². The first-order valence-electron chi connectivity index (χ1n) is 9.35. The zero-order chi connectivity index (χ0) is 22.1. The van der Waals surface area contributed by atoms with E-state index in [1.165, 1.54) is 13.0 Å². The number of ether oxygens (including phenoxy) is 2. The normalized spacial score (nSPS) is 11.8. The molecule has 7 nitrogen and oxygen atoms in total. The minimum atomic E-state index is -1.04. The van der Waals surface area contributed by atoms with E-state index >= 15 is 0 Å².